The fourth-order valence-corrected chi connectivity index (χ4v) is 4.16. The van der Waals surface area contributed by atoms with Crippen molar-refractivity contribution in [1.82, 2.24) is 10.2 Å². The van der Waals surface area contributed by atoms with E-state index in [1.54, 1.807) is 38.4 Å². The first-order valence-corrected chi connectivity index (χ1v) is 12.5. The van der Waals surface area contributed by atoms with Gasteiger partial charge in [-0.3, -0.25) is 9.59 Å². The highest BCUT2D eigenvalue weighted by Crippen LogP contribution is 2.28. The Morgan fingerprint density at radius 1 is 0.842 bits per heavy atom. The summed E-state index contributed by atoms with van der Waals surface area (Å²) < 4.78 is 16.0. The molecular formula is C30H36N2O6. The number of carbonyl (C=O) groups is 2. The van der Waals surface area contributed by atoms with E-state index in [1.165, 1.54) is 0 Å². The third-order valence-corrected chi connectivity index (χ3v) is 6.22. The summed E-state index contributed by atoms with van der Waals surface area (Å²) in [7, 11) is 4.70. The lowest BCUT2D eigenvalue weighted by atomic mass is 10.0. The number of hydrogen-bond acceptors (Lipinski definition) is 6. The molecule has 0 fully saturated rings. The Bertz CT molecular complexity index is 1170. The fourth-order valence-electron chi connectivity index (χ4n) is 4.16. The van der Waals surface area contributed by atoms with Crippen LogP contribution in [0.4, 0.5) is 0 Å². The number of amides is 2. The summed E-state index contributed by atoms with van der Waals surface area (Å²) >= 11 is 0. The maximum absolute atomic E-state index is 13.9. The van der Waals surface area contributed by atoms with Gasteiger partial charge < -0.3 is 29.5 Å². The minimum absolute atomic E-state index is 0.0303. The van der Waals surface area contributed by atoms with Crippen LogP contribution in [0.5, 0.6) is 17.2 Å². The number of nitrogens with one attached hydrogen (secondary N) is 1. The Balaban J connectivity index is 1.96. The molecule has 2 amide bonds. The van der Waals surface area contributed by atoms with Crippen LogP contribution in [0.15, 0.2) is 72.8 Å². The number of benzene rings is 3. The smallest absolute Gasteiger partial charge is 0.243 e. The van der Waals surface area contributed by atoms with Crippen LogP contribution in [0.2, 0.25) is 0 Å². The van der Waals surface area contributed by atoms with Crippen LogP contribution in [0.1, 0.15) is 23.1 Å². The SMILES string of the molecule is COc1ccc(CN(C(=O)Cc2ccc(OC)c(OC)c2)[C@H](Cc2ccccc2)C(=O)NCCCO)cc1. The molecule has 0 aliphatic rings. The largest absolute Gasteiger partial charge is 0.497 e. The number of carbonyl (C=O) groups excluding carboxylic acids is 2. The molecule has 0 spiro atoms. The number of aliphatic hydroxyl groups is 1. The number of methoxy groups -OCH3 is 3. The topological polar surface area (TPSA) is 97.3 Å². The van der Waals surface area contributed by atoms with Gasteiger partial charge in [0.25, 0.3) is 0 Å². The van der Waals surface area contributed by atoms with Gasteiger partial charge in [0.1, 0.15) is 11.8 Å². The quantitative estimate of drug-likeness (QED) is 0.316. The Labute approximate surface area is 224 Å². The lowest BCUT2D eigenvalue weighted by Crippen LogP contribution is -2.51. The monoisotopic (exact) mass is 520 g/mol. The van der Waals surface area contributed by atoms with E-state index < -0.39 is 6.04 Å². The van der Waals surface area contributed by atoms with Crippen molar-refractivity contribution in [1.29, 1.82) is 0 Å². The van der Waals surface area contributed by atoms with Gasteiger partial charge in [0, 0.05) is 26.1 Å². The third kappa shape index (κ3) is 7.98. The molecule has 0 saturated carbocycles. The van der Waals surface area contributed by atoms with Crippen LogP contribution < -0.4 is 19.5 Å². The molecule has 0 bridgehead atoms. The molecule has 38 heavy (non-hydrogen) atoms. The Hall–Kier alpha value is -4.04. The maximum atomic E-state index is 13.9. The molecule has 3 aromatic rings. The molecule has 8 nitrogen and oxygen atoms in total. The van der Waals surface area contributed by atoms with Crippen molar-refractivity contribution < 1.29 is 28.9 Å². The first-order valence-electron chi connectivity index (χ1n) is 12.5. The fraction of sp³-hybridized carbons (Fsp3) is 0.333. The highest BCUT2D eigenvalue weighted by atomic mass is 16.5. The molecule has 2 N–H and O–H groups in total. The van der Waals surface area contributed by atoms with E-state index in [0.29, 0.717) is 36.6 Å². The molecule has 3 aromatic carbocycles. The van der Waals surface area contributed by atoms with Crippen LogP contribution in [-0.2, 0) is 29.0 Å². The van der Waals surface area contributed by atoms with Crippen LogP contribution in [0.3, 0.4) is 0 Å². The number of hydrogen-bond donors (Lipinski definition) is 2. The molecule has 0 aliphatic heterocycles. The average molecular weight is 521 g/mol. The van der Waals surface area contributed by atoms with Crippen molar-refractivity contribution in [3.8, 4) is 17.2 Å². The second-order valence-corrected chi connectivity index (χ2v) is 8.81. The van der Waals surface area contributed by atoms with Gasteiger partial charge >= 0.3 is 0 Å². The third-order valence-electron chi connectivity index (χ3n) is 6.22. The molecule has 0 saturated heterocycles. The first kappa shape index (κ1) is 28.5. The van der Waals surface area contributed by atoms with Crippen molar-refractivity contribution >= 4 is 11.8 Å². The zero-order valence-electron chi connectivity index (χ0n) is 22.2. The van der Waals surface area contributed by atoms with E-state index in [-0.39, 0.29) is 31.4 Å². The highest BCUT2D eigenvalue weighted by molar-refractivity contribution is 5.88. The number of ether oxygens (including phenoxy) is 3. The normalized spacial score (nSPS) is 11.4. The van der Waals surface area contributed by atoms with E-state index in [9.17, 15) is 14.7 Å². The van der Waals surface area contributed by atoms with Gasteiger partial charge in [-0.15, -0.1) is 0 Å². The number of nitrogens with zero attached hydrogens (tertiary/aromatic N) is 1. The summed E-state index contributed by atoms with van der Waals surface area (Å²) in [5.41, 5.74) is 2.55. The van der Waals surface area contributed by atoms with Gasteiger partial charge in [-0.2, -0.15) is 0 Å². The Kier molecular flexibility index (Phi) is 11.0. The molecule has 0 unspecified atom stereocenters. The molecule has 3 rings (SSSR count). The Morgan fingerprint density at radius 3 is 2.16 bits per heavy atom. The van der Waals surface area contributed by atoms with E-state index in [4.69, 9.17) is 14.2 Å². The summed E-state index contributed by atoms with van der Waals surface area (Å²) in [6.45, 7) is 0.527. The molecule has 0 heterocycles. The van der Waals surface area contributed by atoms with Crippen molar-refractivity contribution in [2.45, 2.75) is 31.8 Å². The molecule has 0 aliphatic carbocycles. The summed E-state index contributed by atoms with van der Waals surface area (Å²) in [5, 5.41) is 12.1. The highest BCUT2D eigenvalue weighted by Gasteiger charge is 2.30. The molecule has 8 heteroatoms. The summed E-state index contributed by atoms with van der Waals surface area (Å²) in [6.07, 6.45) is 0.854. The second-order valence-electron chi connectivity index (χ2n) is 8.81. The van der Waals surface area contributed by atoms with Crippen molar-refractivity contribution in [3.63, 3.8) is 0 Å². The molecule has 0 radical (unpaired) electrons. The molecule has 0 aromatic heterocycles. The maximum Gasteiger partial charge on any atom is 0.243 e. The lowest BCUT2D eigenvalue weighted by molar-refractivity contribution is -0.140. The predicted molar refractivity (Wildman–Crippen MR) is 145 cm³/mol. The zero-order chi connectivity index (χ0) is 27.3. The van der Waals surface area contributed by atoms with E-state index >= 15 is 0 Å². The standard InChI is InChI=1S/C30H36N2O6/c1-36-25-13-10-23(11-14-25)21-32(29(34)20-24-12-15-27(37-2)28(19-24)38-3)26(30(35)31-16-7-17-33)18-22-8-5-4-6-9-22/h4-6,8-15,19,26,33H,7,16-18,20-21H2,1-3H3,(H,31,35)/t26-/m1/s1. The van der Waals surface area contributed by atoms with Gasteiger partial charge in [0.15, 0.2) is 11.5 Å². The Morgan fingerprint density at radius 2 is 1.53 bits per heavy atom. The van der Waals surface area contributed by atoms with Gasteiger partial charge in [0.2, 0.25) is 11.8 Å². The van der Waals surface area contributed by atoms with Crippen molar-refractivity contribution in [3.05, 3.63) is 89.5 Å². The first-order chi connectivity index (χ1) is 18.5. The van der Waals surface area contributed by atoms with Gasteiger partial charge in [-0.1, -0.05) is 48.5 Å². The second kappa shape index (κ2) is 14.6. The summed E-state index contributed by atoms with van der Waals surface area (Å²) in [4.78, 5) is 28.9. The van der Waals surface area contributed by atoms with Crippen LogP contribution in [0.25, 0.3) is 0 Å². The summed E-state index contributed by atoms with van der Waals surface area (Å²) in [5.74, 6) is 1.34. The van der Waals surface area contributed by atoms with Gasteiger partial charge in [-0.25, -0.2) is 0 Å². The minimum Gasteiger partial charge on any atom is -0.497 e. The zero-order valence-corrected chi connectivity index (χ0v) is 22.2. The number of aliphatic hydroxyl groups excluding tert-OH is 1. The molecular weight excluding hydrogens is 484 g/mol. The van der Waals surface area contributed by atoms with Gasteiger partial charge in [-0.05, 0) is 47.4 Å². The average Bonchev–Trinajstić information content (AvgIpc) is 2.95. The van der Waals surface area contributed by atoms with Crippen molar-refractivity contribution in [2.24, 2.45) is 0 Å². The minimum atomic E-state index is -0.758. The number of rotatable bonds is 14. The van der Waals surface area contributed by atoms with Gasteiger partial charge in [0.05, 0.1) is 27.8 Å². The van der Waals surface area contributed by atoms with Crippen LogP contribution in [0, 0.1) is 0 Å². The van der Waals surface area contributed by atoms with E-state index in [2.05, 4.69) is 5.32 Å². The molecule has 202 valence electrons. The summed E-state index contributed by atoms with van der Waals surface area (Å²) in [6, 6.07) is 21.7. The predicted octanol–water partition coefficient (Wildman–Crippen LogP) is 3.39. The van der Waals surface area contributed by atoms with Crippen molar-refractivity contribution in [2.75, 3.05) is 34.5 Å². The molecule has 1 atom stereocenters. The lowest BCUT2D eigenvalue weighted by Gasteiger charge is -2.32. The van der Waals surface area contributed by atoms with Crippen LogP contribution in [-0.4, -0.2) is 62.3 Å². The van der Waals surface area contributed by atoms with E-state index in [1.807, 2.05) is 60.7 Å². The van der Waals surface area contributed by atoms with Crippen LogP contribution >= 0.6 is 0 Å². The van der Waals surface area contributed by atoms with E-state index in [0.717, 1.165) is 16.7 Å².